The lowest BCUT2D eigenvalue weighted by molar-refractivity contribution is 0.0931. The van der Waals surface area contributed by atoms with Gasteiger partial charge in [0.25, 0.3) is 5.91 Å². The Bertz CT molecular complexity index is 837. The number of anilines is 1. The topological polar surface area (TPSA) is 73.9 Å². The van der Waals surface area contributed by atoms with Gasteiger partial charge >= 0.3 is 0 Å². The van der Waals surface area contributed by atoms with E-state index < -0.39 is 0 Å². The van der Waals surface area contributed by atoms with Gasteiger partial charge in [0.15, 0.2) is 0 Å². The van der Waals surface area contributed by atoms with Gasteiger partial charge in [-0.05, 0) is 43.2 Å². The van der Waals surface area contributed by atoms with Crippen LogP contribution in [0.5, 0.6) is 0 Å². The Morgan fingerprint density at radius 3 is 2.58 bits per heavy atom. The maximum atomic E-state index is 12.4. The van der Waals surface area contributed by atoms with E-state index in [1.54, 1.807) is 12.1 Å². The second-order valence-electron chi connectivity index (χ2n) is 6.10. The molecule has 1 fully saturated rings. The summed E-state index contributed by atoms with van der Waals surface area (Å²) in [5.74, 6) is -0.0435. The van der Waals surface area contributed by atoms with Crippen LogP contribution in [-0.2, 0) is 0 Å². The third-order valence-electron chi connectivity index (χ3n) is 4.53. The van der Waals surface area contributed by atoms with E-state index in [-0.39, 0.29) is 11.9 Å². The van der Waals surface area contributed by atoms with E-state index >= 15 is 0 Å². The fourth-order valence-electron chi connectivity index (χ4n) is 3.17. The number of amides is 1. The number of aromatic nitrogens is 3. The monoisotopic (exact) mass is 321 g/mol. The van der Waals surface area contributed by atoms with Gasteiger partial charge in [-0.15, -0.1) is 0 Å². The molecule has 1 aliphatic rings. The number of nitrogens with zero attached hydrogens (tertiary/aromatic N) is 3. The highest BCUT2D eigenvalue weighted by atomic mass is 16.1. The van der Waals surface area contributed by atoms with Crippen LogP contribution < -0.4 is 10.2 Å². The quantitative estimate of drug-likeness (QED) is 0.776. The maximum Gasteiger partial charge on any atom is 0.251 e. The Balaban J connectivity index is 1.37. The highest BCUT2D eigenvalue weighted by molar-refractivity contribution is 5.97. The molecule has 1 aromatic heterocycles. The third kappa shape index (κ3) is 2.95. The minimum absolute atomic E-state index is 0.0435. The summed E-state index contributed by atoms with van der Waals surface area (Å²) < 4.78 is 0. The van der Waals surface area contributed by atoms with Crippen LogP contribution in [0.4, 0.5) is 5.69 Å². The SMILES string of the molecule is O=C(NC1CCN(c2ccccc2)CC1)c1ccc2n[nH]nc2c1. The van der Waals surface area contributed by atoms with Gasteiger partial charge in [-0.1, -0.05) is 18.2 Å². The van der Waals surface area contributed by atoms with Crippen LogP contribution in [0.2, 0.25) is 0 Å². The molecular weight excluding hydrogens is 302 g/mol. The number of carbonyl (C=O) groups is 1. The van der Waals surface area contributed by atoms with Crippen molar-refractivity contribution in [2.24, 2.45) is 0 Å². The van der Waals surface area contributed by atoms with E-state index in [1.165, 1.54) is 5.69 Å². The van der Waals surface area contributed by atoms with Crippen LogP contribution in [0, 0.1) is 0 Å². The van der Waals surface area contributed by atoms with E-state index in [0.717, 1.165) is 31.4 Å². The van der Waals surface area contributed by atoms with Crippen LogP contribution in [0.1, 0.15) is 23.2 Å². The molecule has 1 saturated heterocycles. The van der Waals surface area contributed by atoms with E-state index in [9.17, 15) is 4.79 Å². The molecule has 0 atom stereocenters. The van der Waals surface area contributed by atoms with Crippen LogP contribution in [-0.4, -0.2) is 40.4 Å². The lowest BCUT2D eigenvalue weighted by Crippen LogP contribution is -2.44. The molecule has 6 nitrogen and oxygen atoms in total. The van der Waals surface area contributed by atoms with Gasteiger partial charge in [0, 0.05) is 30.4 Å². The fourth-order valence-corrected chi connectivity index (χ4v) is 3.17. The normalized spacial score (nSPS) is 15.6. The number of nitrogens with one attached hydrogen (secondary N) is 2. The Morgan fingerprint density at radius 2 is 1.79 bits per heavy atom. The number of benzene rings is 2. The summed E-state index contributed by atoms with van der Waals surface area (Å²) in [5.41, 5.74) is 3.35. The number of H-pyrrole nitrogens is 1. The Hall–Kier alpha value is -2.89. The summed E-state index contributed by atoms with van der Waals surface area (Å²) in [6.45, 7) is 1.91. The first kappa shape index (κ1) is 14.7. The van der Waals surface area contributed by atoms with Gasteiger partial charge in [0.2, 0.25) is 0 Å². The first-order chi connectivity index (χ1) is 11.8. The number of aromatic amines is 1. The molecule has 0 radical (unpaired) electrons. The number of hydrogen-bond donors (Lipinski definition) is 2. The van der Waals surface area contributed by atoms with Gasteiger partial charge in [0.05, 0.1) is 0 Å². The molecular formula is C18H19N5O. The second-order valence-corrected chi connectivity index (χ2v) is 6.10. The van der Waals surface area contributed by atoms with Crippen molar-refractivity contribution in [2.45, 2.75) is 18.9 Å². The molecule has 6 heteroatoms. The molecule has 0 saturated carbocycles. The number of rotatable bonds is 3. The van der Waals surface area contributed by atoms with Crippen LogP contribution >= 0.6 is 0 Å². The van der Waals surface area contributed by atoms with Crippen LogP contribution in [0.25, 0.3) is 11.0 Å². The highest BCUT2D eigenvalue weighted by Crippen LogP contribution is 2.20. The largest absolute Gasteiger partial charge is 0.371 e. The van der Waals surface area contributed by atoms with Crippen molar-refractivity contribution in [3.05, 3.63) is 54.1 Å². The van der Waals surface area contributed by atoms with Crippen molar-refractivity contribution in [1.29, 1.82) is 0 Å². The number of carbonyl (C=O) groups excluding carboxylic acids is 1. The third-order valence-corrected chi connectivity index (χ3v) is 4.53. The number of piperidine rings is 1. The second kappa shape index (κ2) is 6.31. The molecule has 2 aromatic carbocycles. The molecule has 122 valence electrons. The Morgan fingerprint density at radius 1 is 1.04 bits per heavy atom. The zero-order valence-corrected chi connectivity index (χ0v) is 13.3. The minimum atomic E-state index is -0.0435. The maximum absolute atomic E-state index is 12.4. The molecule has 1 aliphatic heterocycles. The van der Waals surface area contributed by atoms with Crippen molar-refractivity contribution >= 4 is 22.6 Å². The predicted molar refractivity (Wildman–Crippen MR) is 93.0 cm³/mol. The first-order valence-corrected chi connectivity index (χ1v) is 8.21. The predicted octanol–water partition coefficient (Wildman–Crippen LogP) is 2.36. The lowest BCUT2D eigenvalue weighted by atomic mass is 10.0. The summed E-state index contributed by atoms with van der Waals surface area (Å²) in [7, 11) is 0. The van der Waals surface area contributed by atoms with Gasteiger partial charge < -0.3 is 10.2 Å². The van der Waals surface area contributed by atoms with Gasteiger partial charge in [-0.25, -0.2) is 0 Å². The lowest BCUT2D eigenvalue weighted by Gasteiger charge is -2.34. The van der Waals surface area contributed by atoms with Gasteiger partial charge in [-0.3, -0.25) is 4.79 Å². The van der Waals surface area contributed by atoms with E-state index in [0.29, 0.717) is 11.1 Å². The van der Waals surface area contributed by atoms with Gasteiger partial charge in [0.1, 0.15) is 11.0 Å². The van der Waals surface area contributed by atoms with E-state index in [4.69, 9.17) is 0 Å². The van der Waals surface area contributed by atoms with Crippen molar-refractivity contribution < 1.29 is 4.79 Å². The molecule has 0 unspecified atom stereocenters. The summed E-state index contributed by atoms with van der Waals surface area (Å²) in [6, 6.07) is 16.0. The number of fused-ring (bicyclic) bond motifs is 1. The van der Waals surface area contributed by atoms with Crippen molar-refractivity contribution in [3.8, 4) is 0 Å². The molecule has 1 amide bonds. The zero-order valence-electron chi connectivity index (χ0n) is 13.3. The summed E-state index contributed by atoms with van der Waals surface area (Å²) in [4.78, 5) is 14.8. The van der Waals surface area contributed by atoms with Crippen LogP contribution in [0.15, 0.2) is 48.5 Å². The van der Waals surface area contributed by atoms with E-state index in [1.807, 2.05) is 12.1 Å². The molecule has 0 aliphatic carbocycles. The molecule has 4 rings (SSSR count). The molecule has 0 bridgehead atoms. The zero-order chi connectivity index (χ0) is 16.4. The van der Waals surface area contributed by atoms with Crippen molar-refractivity contribution in [2.75, 3.05) is 18.0 Å². The highest BCUT2D eigenvalue weighted by Gasteiger charge is 2.21. The summed E-state index contributed by atoms with van der Waals surface area (Å²) in [6.07, 6.45) is 1.90. The summed E-state index contributed by atoms with van der Waals surface area (Å²) >= 11 is 0. The Kier molecular flexibility index (Phi) is 3.86. The van der Waals surface area contributed by atoms with Gasteiger partial charge in [-0.2, -0.15) is 15.4 Å². The summed E-state index contributed by atoms with van der Waals surface area (Å²) in [5, 5.41) is 13.7. The first-order valence-electron chi connectivity index (χ1n) is 8.21. The van der Waals surface area contributed by atoms with Crippen molar-refractivity contribution in [1.82, 2.24) is 20.7 Å². The standard InChI is InChI=1S/C18H19N5O/c24-18(13-6-7-16-17(12-13)21-22-20-16)19-14-8-10-23(11-9-14)15-4-2-1-3-5-15/h1-7,12,14H,8-11H2,(H,19,24)(H,20,21,22). The Labute approximate surface area is 139 Å². The number of para-hydroxylation sites is 1. The fraction of sp³-hybridized carbons (Fsp3) is 0.278. The smallest absolute Gasteiger partial charge is 0.251 e. The molecule has 2 heterocycles. The van der Waals surface area contributed by atoms with E-state index in [2.05, 4.69) is 49.9 Å². The molecule has 3 aromatic rings. The van der Waals surface area contributed by atoms with Crippen molar-refractivity contribution in [3.63, 3.8) is 0 Å². The molecule has 2 N–H and O–H groups in total. The number of hydrogen-bond acceptors (Lipinski definition) is 4. The van der Waals surface area contributed by atoms with Crippen LogP contribution in [0.3, 0.4) is 0 Å². The molecule has 24 heavy (non-hydrogen) atoms. The molecule has 0 spiro atoms. The minimum Gasteiger partial charge on any atom is -0.371 e. The average molecular weight is 321 g/mol. The average Bonchev–Trinajstić information content (AvgIpc) is 3.11.